The number of carbonyl (C=O) groups is 3. The Morgan fingerprint density at radius 3 is 1.78 bits per heavy atom. The number of fused-ring (bicyclic) bond motifs is 1. The smallest absolute Gasteiger partial charge is 0.266 e. The zero-order chi connectivity index (χ0) is 28.3. The van der Waals surface area contributed by atoms with Crippen LogP contribution >= 0.6 is 0 Å². The maximum atomic E-state index is 12.9. The molecule has 7 nitrogen and oxygen atoms in total. The molecule has 0 saturated carbocycles. The van der Waals surface area contributed by atoms with Crippen molar-refractivity contribution >= 4 is 29.1 Å². The molecule has 6 rings (SSSR count). The minimum absolute atomic E-state index is 0.0154. The fourth-order valence-electron chi connectivity index (χ4n) is 4.99. The number of hydrogen-bond acceptors (Lipinski definition) is 3. The van der Waals surface area contributed by atoms with Crippen LogP contribution in [0.25, 0.3) is 22.5 Å². The molecule has 0 atom stereocenters. The van der Waals surface area contributed by atoms with Crippen LogP contribution in [-0.4, -0.2) is 17.7 Å². The highest BCUT2D eigenvalue weighted by Crippen LogP contribution is 2.29. The van der Waals surface area contributed by atoms with E-state index < -0.39 is 0 Å². The molecule has 5 aromatic rings. The minimum atomic E-state index is -0.308. The van der Waals surface area contributed by atoms with Gasteiger partial charge in [-0.3, -0.25) is 14.4 Å². The lowest BCUT2D eigenvalue weighted by Crippen LogP contribution is -2.32. The molecule has 0 spiro atoms. The van der Waals surface area contributed by atoms with Crippen LogP contribution in [0, 0.1) is 0 Å². The highest BCUT2D eigenvalue weighted by atomic mass is 16.2. The Kier molecular flexibility index (Phi) is 6.92. The first-order valence-corrected chi connectivity index (χ1v) is 13.5. The number of hydrogen-bond donors (Lipinski definition) is 1. The Bertz CT molecular complexity index is 1740. The minimum Gasteiger partial charge on any atom is -0.326 e. The van der Waals surface area contributed by atoms with Crippen molar-refractivity contribution in [1.82, 2.24) is 0 Å². The quantitative estimate of drug-likeness (QED) is 0.221. The summed E-state index contributed by atoms with van der Waals surface area (Å²) < 4.78 is 3.96. The number of aromatic nitrogens is 2. The molecule has 3 heterocycles. The average Bonchev–Trinajstić information content (AvgIpc) is 3.27. The number of pyridine rings is 2. The third-order valence-electron chi connectivity index (χ3n) is 7.08. The van der Waals surface area contributed by atoms with Crippen LogP contribution in [-0.2, 0) is 4.79 Å². The summed E-state index contributed by atoms with van der Waals surface area (Å²) in [4.78, 5) is 39.1. The first-order chi connectivity index (χ1) is 20.0. The zero-order valence-electron chi connectivity index (χ0n) is 22.5. The second-order valence-corrected chi connectivity index (χ2v) is 9.85. The molecule has 3 aromatic carbocycles. The summed E-state index contributed by atoms with van der Waals surface area (Å²) in [5.74, 6) is -0.601. The molecule has 0 bridgehead atoms. The number of amides is 3. The summed E-state index contributed by atoms with van der Waals surface area (Å²) in [5.41, 5.74) is 6.05. The van der Waals surface area contributed by atoms with Crippen molar-refractivity contribution in [1.29, 1.82) is 0 Å². The monoisotopic (exact) mass is 540 g/mol. The van der Waals surface area contributed by atoms with Crippen LogP contribution in [0.1, 0.15) is 40.5 Å². The lowest BCUT2D eigenvalue weighted by Gasteiger charge is -2.13. The summed E-state index contributed by atoms with van der Waals surface area (Å²) in [5, 5.41) is 2.95. The van der Waals surface area contributed by atoms with E-state index in [9.17, 15) is 14.4 Å². The van der Waals surface area contributed by atoms with E-state index in [0.717, 1.165) is 34.6 Å². The molecule has 2 aromatic heterocycles. The number of nitrogens with zero attached hydrogens (tertiary/aromatic N) is 3. The first kappa shape index (κ1) is 25.8. The van der Waals surface area contributed by atoms with Gasteiger partial charge < -0.3 is 5.32 Å². The number of benzene rings is 3. The van der Waals surface area contributed by atoms with Crippen molar-refractivity contribution in [2.75, 3.05) is 10.2 Å². The SMILES string of the molecule is CCCC(=O)Nc1cccc(-[n+]2ccc(-c3cc[n+](-c4cccc(N5C(=O)c6ccccc6C5=O)c4)cc3)cc2)c1. The fourth-order valence-corrected chi connectivity index (χ4v) is 4.99. The predicted octanol–water partition coefficient (Wildman–Crippen LogP) is 5.45. The van der Waals surface area contributed by atoms with Gasteiger partial charge in [-0.2, -0.15) is 9.13 Å². The first-order valence-electron chi connectivity index (χ1n) is 13.5. The topological polar surface area (TPSA) is 74.2 Å². The van der Waals surface area contributed by atoms with Crippen LogP contribution in [0.2, 0.25) is 0 Å². The van der Waals surface area contributed by atoms with Crippen LogP contribution in [0.5, 0.6) is 0 Å². The van der Waals surface area contributed by atoms with Crippen molar-refractivity contribution in [3.05, 3.63) is 133 Å². The molecular formula is C34H28N4O3+2. The summed E-state index contributed by atoms with van der Waals surface area (Å²) in [6.07, 6.45) is 9.22. The summed E-state index contributed by atoms with van der Waals surface area (Å²) in [7, 11) is 0. The summed E-state index contributed by atoms with van der Waals surface area (Å²) >= 11 is 0. The van der Waals surface area contributed by atoms with Gasteiger partial charge in [0.15, 0.2) is 24.8 Å². The van der Waals surface area contributed by atoms with E-state index in [1.165, 1.54) is 4.90 Å². The van der Waals surface area contributed by atoms with Gasteiger partial charge in [0.05, 0.1) is 16.8 Å². The van der Waals surface area contributed by atoms with E-state index in [4.69, 9.17) is 0 Å². The second kappa shape index (κ2) is 11.0. The van der Waals surface area contributed by atoms with Gasteiger partial charge in [-0.15, -0.1) is 0 Å². The molecular weight excluding hydrogens is 512 g/mol. The highest BCUT2D eigenvalue weighted by Gasteiger charge is 2.36. The number of rotatable bonds is 7. The average molecular weight is 541 g/mol. The molecule has 1 aliphatic rings. The maximum absolute atomic E-state index is 12.9. The molecule has 0 radical (unpaired) electrons. The third-order valence-corrected chi connectivity index (χ3v) is 7.08. The normalized spacial score (nSPS) is 12.4. The van der Waals surface area contributed by atoms with Crippen molar-refractivity contribution in [3.63, 3.8) is 0 Å². The Morgan fingerprint density at radius 1 is 0.683 bits per heavy atom. The zero-order valence-corrected chi connectivity index (χ0v) is 22.5. The Morgan fingerprint density at radius 2 is 1.22 bits per heavy atom. The van der Waals surface area contributed by atoms with Gasteiger partial charge in [0.25, 0.3) is 11.8 Å². The van der Waals surface area contributed by atoms with E-state index in [0.29, 0.717) is 23.2 Å². The van der Waals surface area contributed by atoms with Crippen LogP contribution in [0.4, 0.5) is 11.4 Å². The van der Waals surface area contributed by atoms with Gasteiger partial charge in [-0.1, -0.05) is 31.2 Å². The fraction of sp³-hybridized carbons (Fsp3) is 0.0882. The van der Waals surface area contributed by atoms with E-state index in [-0.39, 0.29) is 17.7 Å². The largest absolute Gasteiger partial charge is 0.326 e. The summed E-state index contributed by atoms with van der Waals surface area (Å²) in [6, 6.07) is 30.2. The molecule has 1 N–H and O–H groups in total. The maximum Gasteiger partial charge on any atom is 0.266 e. The highest BCUT2D eigenvalue weighted by molar-refractivity contribution is 6.34. The van der Waals surface area contributed by atoms with Crippen LogP contribution < -0.4 is 19.4 Å². The molecule has 41 heavy (non-hydrogen) atoms. The van der Waals surface area contributed by atoms with Gasteiger partial charge in [0.2, 0.25) is 17.3 Å². The lowest BCUT2D eigenvalue weighted by atomic mass is 10.1. The standard InChI is InChI=1S/C34H27N4O3/c1-2-7-32(39)35-26-8-5-9-27(22-26)36-18-14-24(15-19-36)25-16-20-37(21-17-25)28-10-6-11-29(23-28)38-33(40)30-12-3-4-13-31(30)34(38)41/h3-6,8-23H,2,7H2,1H3/q+1/p+1. The number of anilines is 2. The molecule has 0 saturated heterocycles. The van der Waals surface area contributed by atoms with Crippen molar-refractivity contribution < 1.29 is 23.5 Å². The number of carbonyl (C=O) groups excluding carboxylic acids is 3. The van der Waals surface area contributed by atoms with E-state index >= 15 is 0 Å². The van der Waals surface area contributed by atoms with Gasteiger partial charge in [0.1, 0.15) is 0 Å². The second-order valence-electron chi connectivity index (χ2n) is 9.85. The Labute approximate surface area is 237 Å². The van der Waals surface area contributed by atoms with E-state index in [1.807, 2.05) is 108 Å². The molecule has 0 aliphatic carbocycles. The predicted molar refractivity (Wildman–Crippen MR) is 156 cm³/mol. The molecule has 0 fully saturated rings. The molecule has 3 amide bonds. The van der Waals surface area contributed by atoms with Crippen molar-refractivity contribution in [2.24, 2.45) is 0 Å². The molecule has 7 heteroatoms. The lowest BCUT2D eigenvalue weighted by molar-refractivity contribution is -0.596. The van der Waals surface area contributed by atoms with Crippen LogP contribution in [0.3, 0.4) is 0 Å². The third kappa shape index (κ3) is 5.13. The van der Waals surface area contributed by atoms with E-state index in [1.54, 1.807) is 30.3 Å². The number of nitrogens with one attached hydrogen (secondary N) is 1. The van der Waals surface area contributed by atoms with Gasteiger partial charge in [-0.05, 0) is 41.8 Å². The number of imide groups is 1. The molecule has 200 valence electrons. The summed E-state index contributed by atoms with van der Waals surface area (Å²) in [6.45, 7) is 1.98. The van der Waals surface area contributed by atoms with Crippen molar-refractivity contribution in [3.8, 4) is 22.5 Å². The molecule has 1 aliphatic heterocycles. The Balaban J connectivity index is 1.19. The van der Waals surface area contributed by atoms with Gasteiger partial charge >= 0.3 is 0 Å². The molecule has 0 unspecified atom stereocenters. The van der Waals surface area contributed by atoms with Crippen LogP contribution in [0.15, 0.2) is 122 Å². The van der Waals surface area contributed by atoms with Gasteiger partial charge in [-0.25, -0.2) is 4.90 Å². The Hall–Kier alpha value is -5.43. The van der Waals surface area contributed by atoms with Crippen molar-refractivity contribution in [2.45, 2.75) is 19.8 Å². The van der Waals surface area contributed by atoms with E-state index in [2.05, 4.69) is 5.32 Å². The van der Waals surface area contributed by atoms with Gasteiger partial charge in [0, 0.05) is 60.6 Å².